The van der Waals surface area contributed by atoms with E-state index in [1.54, 1.807) is 12.1 Å². The second-order valence-electron chi connectivity index (χ2n) is 29.9. The molecule has 0 atom stereocenters. The summed E-state index contributed by atoms with van der Waals surface area (Å²) in [6, 6.07) is 60.4. The molecule has 0 saturated carbocycles. The summed E-state index contributed by atoms with van der Waals surface area (Å²) in [5.41, 5.74) is 29.4. The van der Waals surface area contributed by atoms with Crippen LogP contribution in [0.25, 0.3) is 72.0 Å². The Morgan fingerprint density at radius 3 is 0.990 bits per heavy atom. The lowest BCUT2D eigenvalue weighted by Gasteiger charge is -2.35. The van der Waals surface area contributed by atoms with Gasteiger partial charge in [0, 0.05) is 55.7 Å². The first-order valence-corrected chi connectivity index (χ1v) is 38.8. The molecule has 12 rings (SSSR count). The van der Waals surface area contributed by atoms with Crippen LogP contribution < -0.4 is 16.4 Å². The van der Waals surface area contributed by atoms with E-state index in [1.165, 1.54) is 158 Å². The third-order valence-electron chi connectivity index (χ3n) is 22.9. The van der Waals surface area contributed by atoms with Crippen molar-refractivity contribution in [3.8, 4) is 50.2 Å². The Morgan fingerprint density at radius 1 is 0.333 bits per heavy atom. The maximum absolute atomic E-state index is 14.5. The molecular weight excluding hydrogens is 1280 g/mol. The molecule has 1 heterocycles. The number of para-hydroxylation sites is 2. The highest BCUT2D eigenvalue weighted by Gasteiger charge is 2.46. The van der Waals surface area contributed by atoms with E-state index in [2.05, 4.69) is 183 Å². The number of fused-ring (bicyclic) bond motifs is 9. The zero-order valence-corrected chi connectivity index (χ0v) is 61.3. The predicted molar refractivity (Wildman–Crippen MR) is 419 cm³/mol. The van der Waals surface area contributed by atoms with Crippen molar-refractivity contribution in [3.05, 3.63) is 214 Å². The number of aromatic nitrogens is 1. The van der Waals surface area contributed by atoms with Gasteiger partial charge in [0.05, 0.1) is 22.2 Å². The molecule has 2 aliphatic rings. The highest BCUT2D eigenvalue weighted by molar-refractivity contribution is 6.09. The third-order valence-corrected chi connectivity index (χ3v) is 22.9. The minimum atomic E-state index is -4.58. The maximum Gasteiger partial charge on any atom is 0.418 e. The van der Waals surface area contributed by atoms with Crippen LogP contribution in [0.1, 0.15) is 252 Å². The summed E-state index contributed by atoms with van der Waals surface area (Å²) < 4.78 is 89.6. The van der Waals surface area contributed by atoms with Crippen molar-refractivity contribution in [1.82, 2.24) is 4.57 Å². The zero-order chi connectivity index (χ0) is 71.8. The van der Waals surface area contributed by atoms with E-state index >= 15 is 0 Å². The highest BCUT2D eigenvalue weighted by Crippen LogP contribution is 2.60. The molecule has 0 radical (unpaired) electrons. The molecule has 102 heavy (non-hydrogen) atoms. The number of anilines is 5. The number of unbranched alkanes of at least 4 members (excludes halogenated alkanes) is 20. The normalized spacial score (nSPS) is 13.6. The maximum atomic E-state index is 14.5. The molecule has 0 aliphatic heterocycles. The van der Waals surface area contributed by atoms with Crippen molar-refractivity contribution in [2.24, 2.45) is 0 Å². The molecule has 0 bridgehead atoms. The number of hydrogen-bond donors (Lipinski definition) is 2. The Hall–Kier alpha value is -8.24. The van der Waals surface area contributed by atoms with Crippen LogP contribution in [0.4, 0.5) is 54.8 Å². The minimum absolute atomic E-state index is 0.112. The average molecular weight is 1380 g/mol. The van der Waals surface area contributed by atoms with Gasteiger partial charge in [-0.1, -0.05) is 267 Å². The number of rotatable bonds is 34. The quantitative estimate of drug-likeness (QED) is 0.0240. The van der Waals surface area contributed by atoms with Crippen LogP contribution in [0, 0.1) is 13.8 Å². The predicted octanol–water partition coefficient (Wildman–Crippen LogP) is 28.9. The molecule has 10 aromatic rings. The van der Waals surface area contributed by atoms with Crippen molar-refractivity contribution in [1.29, 1.82) is 0 Å². The summed E-state index contributed by atoms with van der Waals surface area (Å²) in [4.78, 5) is 2.49. The summed E-state index contributed by atoms with van der Waals surface area (Å²) >= 11 is 0. The van der Waals surface area contributed by atoms with Crippen molar-refractivity contribution >= 4 is 50.2 Å². The average Bonchev–Trinajstić information content (AvgIpc) is 1.56. The summed E-state index contributed by atoms with van der Waals surface area (Å²) in [5.74, 6) is 0. The highest BCUT2D eigenvalue weighted by atomic mass is 19.4. The molecule has 536 valence electrons. The van der Waals surface area contributed by atoms with Gasteiger partial charge in [0.25, 0.3) is 0 Å². The monoisotopic (exact) mass is 1380 g/mol. The number of halogens is 6. The fourth-order valence-corrected chi connectivity index (χ4v) is 17.9. The molecule has 10 heteroatoms. The largest absolute Gasteiger partial charge is 0.418 e. The van der Waals surface area contributed by atoms with Gasteiger partial charge in [-0.15, -0.1) is 0 Å². The summed E-state index contributed by atoms with van der Waals surface area (Å²) in [7, 11) is 0. The lowest BCUT2D eigenvalue weighted by molar-refractivity contribution is -0.138. The third kappa shape index (κ3) is 15.1. The summed E-state index contributed by atoms with van der Waals surface area (Å²) in [6.45, 7) is 12.1. The molecule has 0 spiro atoms. The van der Waals surface area contributed by atoms with Crippen LogP contribution in [0.3, 0.4) is 0 Å². The van der Waals surface area contributed by atoms with Crippen LogP contribution in [0.5, 0.6) is 0 Å². The molecular formula is C92H106F6N4. The first-order chi connectivity index (χ1) is 49.3. The number of aryl methyl sites for hydroxylation is 2. The van der Waals surface area contributed by atoms with Crippen LogP contribution >= 0.6 is 0 Å². The van der Waals surface area contributed by atoms with Gasteiger partial charge >= 0.3 is 12.4 Å². The number of hydrogen-bond acceptors (Lipinski definition) is 3. The molecule has 4 N–H and O–H groups in total. The Balaban J connectivity index is 1.06. The van der Waals surface area contributed by atoms with Gasteiger partial charge in [0.15, 0.2) is 0 Å². The Morgan fingerprint density at radius 2 is 0.647 bits per heavy atom. The van der Waals surface area contributed by atoms with E-state index in [9.17, 15) is 26.3 Å². The summed E-state index contributed by atoms with van der Waals surface area (Å²) in [5, 5.41) is 2.40. The lowest BCUT2D eigenvalue weighted by atomic mass is 9.70. The van der Waals surface area contributed by atoms with Gasteiger partial charge < -0.3 is 20.9 Å². The van der Waals surface area contributed by atoms with Crippen LogP contribution in [0.15, 0.2) is 170 Å². The number of nitrogens with zero attached hydrogens (tertiary/aromatic N) is 2. The minimum Gasteiger partial charge on any atom is -0.398 e. The van der Waals surface area contributed by atoms with Gasteiger partial charge in [-0.2, -0.15) is 26.3 Å². The standard InChI is InChI=1S/C92H106F6N4/c1-7-11-15-19-23-31-51-89(52-32-24-20-16-12-8-2)79-57-65(67-55-63(5)87(83(99)59-67)91(93,94)95)39-47-73(79)75-49-45-71(61-81(75)89)101(69-41-43-70(44-42-69)102-85-37-29-27-35-77(85)78-36-28-30-38-86(78)102)72-46-50-76-74-48-40-66(68-56-64(6)88(84(100)60-68)92(96,97)98)58-80(74)90(82(76)62-72,53-33-25-21-17-13-9-3)54-34-26-22-18-14-10-4/h27-30,35-50,55-62H,7-26,31-34,51-54,99-100H2,1-6H3. The Bertz CT molecular complexity index is 4190. The van der Waals surface area contributed by atoms with Gasteiger partial charge in [0.2, 0.25) is 0 Å². The van der Waals surface area contributed by atoms with Crippen molar-refractivity contribution in [2.75, 3.05) is 16.4 Å². The van der Waals surface area contributed by atoms with Crippen molar-refractivity contribution in [2.45, 2.75) is 245 Å². The summed E-state index contributed by atoms with van der Waals surface area (Å²) in [6.07, 6.45) is 22.1. The molecule has 0 fully saturated rings. The number of alkyl halides is 6. The van der Waals surface area contributed by atoms with Crippen LogP contribution in [0.2, 0.25) is 0 Å². The fourth-order valence-electron chi connectivity index (χ4n) is 17.9. The van der Waals surface area contributed by atoms with E-state index < -0.39 is 34.3 Å². The number of nitrogens with two attached hydrogens (primary N) is 2. The second-order valence-corrected chi connectivity index (χ2v) is 29.9. The van der Waals surface area contributed by atoms with Gasteiger partial charge in [-0.05, 0) is 202 Å². The molecule has 0 amide bonds. The Kier molecular flexibility index (Phi) is 23.2. The van der Waals surface area contributed by atoms with E-state index in [0.717, 1.165) is 148 Å². The topological polar surface area (TPSA) is 60.2 Å². The first-order valence-electron chi connectivity index (χ1n) is 38.8. The van der Waals surface area contributed by atoms with E-state index in [1.807, 2.05) is 0 Å². The number of nitrogen functional groups attached to an aromatic ring is 2. The van der Waals surface area contributed by atoms with Crippen molar-refractivity contribution in [3.63, 3.8) is 0 Å². The first kappa shape index (κ1) is 73.5. The fraction of sp³-hybridized carbons (Fsp3) is 0.413. The molecule has 4 nitrogen and oxygen atoms in total. The molecule has 2 aliphatic carbocycles. The van der Waals surface area contributed by atoms with E-state index in [-0.39, 0.29) is 22.5 Å². The lowest BCUT2D eigenvalue weighted by Crippen LogP contribution is -2.26. The van der Waals surface area contributed by atoms with E-state index in [4.69, 9.17) is 11.5 Å². The van der Waals surface area contributed by atoms with Crippen LogP contribution in [-0.4, -0.2) is 4.57 Å². The molecule has 9 aromatic carbocycles. The second kappa shape index (κ2) is 32.2. The molecule has 0 saturated heterocycles. The SMILES string of the molecule is CCCCCCCCC1(CCCCCCCC)c2cc(-c3cc(C)c(C(F)(F)F)c(N)c3)ccc2-c2ccc(N(c3ccc(-n4c5ccccc5c5ccccc54)cc3)c3ccc4c(c3)C(CCCCCCCC)(CCCCCCCC)c3cc(-c5cc(C)c(C(F)(F)F)c(N)c5)ccc3-4)cc21. The van der Waals surface area contributed by atoms with Crippen molar-refractivity contribution < 1.29 is 26.3 Å². The van der Waals surface area contributed by atoms with Gasteiger partial charge in [-0.25, -0.2) is 0 Å². The van der Waals surface area contributed by atoms with E-state index in [0.29, 0.717) is 11.1 Å². The van der Waals surface area contributed by atoms with Crippen LogP contribution in [-0.2, 0) is 23.2 Å². The van der Waals surface area contributed by atoms with Gasteiger partial charge in [-0.3, -0.25) is 0 Å². The molecule has 0 unspecified atom stereocenters. The zero-order valence-electron chi connectivity index (χ0n) is 61.3. The Labute approximate surface area is 603 Å². The molecule has 1 aromatic heterocycles. The van der Waals surface area contributed by atoms with Gasteiger partial charge in [0.1, 0.15) is 0 Å². The smallest absolute Gasteiger partial charge is 0.398 e. The number of benzene rings is 9.